The number of benzene rings is 4. The van der Waals surface area contributed by atoms with Crippen molar-refractivity contribution in [2.75, 3.05) is 0 Å². The molecule has 6 amide bonds. The van der Waals surface area contributed by atoms with Crippen LogP contribution in [0.25, 0.3) is 10.0 Å². The summed E-state index contributed by atoms with van der Waals surface area (Å²) in [6, 6.07) is 24.9. The molecule has 0 saturated carbocycles. The Balaban J connectivity index is 0.000000178. The second-order valence-corrected chi connectivity index (χ2v) is 56.4. The molecule has 6 aliphatic heterocycles. The van der Waals surface area contributed by atoms with Gasteiger partial charge in [-0.25, -0.2) is 0 Å². The molecule has 652 valence electrons. The van der Waals surface area contributed by atoms with Crippen LogP contribution in [0.15, 0.2) is 107 Å². The van der Waals surface area contributed by atoms with Gasteiger partial charge in [-0.3, -0.25) is 67.9 Å². The van der Waals surface area contributed by atoms with E-state index in [2.05, 4.69) is 190 Å². The number of piperidine rings is 2. The fourth-order valence-electron chi connectivity index (χ4n) is 13.6. The SMILES string of the molecule is C.C#Cc1cn(CCCC#Cc2cccc3c2CN(C2CCC(=O)NC2=O)C3=O)nn1.Cc1c(C#Cc2cn(CCCC#Cc3cccc4c3CN(C3CCC(=O)NC3=O)C4=O)nn2)sc2c1C(c1ccc(Cl)cc1)=N[C@@H](C)c1nnc(C)n1-2.Cc1c(I)sc2c1C(c1ccc(Cl)cc1)=N[C@@H](C)c1nnc(C)n1-2.S=S=S=S=S=S=S=S.S=S=S=S=S=S=S=S=S=S. The normalized spacial score (nSPS) is 15.7. The predicted molar refractivity (Wildman–Crippen MR) is 552 cm³/mol. The summed E-state index contributed by atoms with van der Waals surface area (Å²) < 4.78 is 8.93. The number of aliphatic imine (C=N–C) groups is 2. The summed E-state index contributed by atoms with van der Waals surface area (Å²) in [5, 5.41) is 42.0. The van der Waals surface area contributed by atoms with Gasteiger partial charge in [-0.2, -0.15) is 0 Å². The lowest BCUT2D eigenvalue weighted by Crippen LogP contribution is -2.52. The highest BCUT2D eigenvalue weighted by molar-refractivity contribution is 14.1. The molecule has 24 nitrogen and oxygen atoms in total. The Morgan fingerprint density at radius 1 is 0.524 bits per heavy atom. The zero-order chi connectivity index (χ0) is 88.8. The molecule has 4 aromatic carbocycles. The van der Waals surface area contributed by atoms with Crippen LogP contribution >= 0.6 is 68.5 Å². The van der Waals surface area contributed by atoms with Crippen LogP contribution in [0.2, 0.25) is 10.0 Å². The monoisotopic (exact) mass is 2200 g/mol. The highest BCUT2D eigenvalue weighted by atomic mass is 127. The average Bonchev–Trinajstić information content (AvgIpc) is 1.59. The minimum Gasteiger partial charge on any atom is -0.322 e. The lowest BCUT2D eigenvalue weighted by molar-refractivity contribution is -0.138. The minimum atomic E-state index is -0.659. The van der Waals surface area contributed by atoms with Crippen molar-refractivity contribution in [3.05, 3.63) is 217 Å². The number of thiophene rings is 2. The number of amides is 6. The van der Waals surface area contributed by atoms with Crippen molar-refractivity contribution in [2.24, 2.45) is 9.98 Å². The molecule has 0 bridgehead atoms. The van der Waals surface area contributed by atoms with E-state index in [0.717, 1.165) is 112 Å². The van der Waals surface area contributed by atoms with Crippen LogP contribution in [0.3, 0.4) is 0 Å². The van der Waals surface area contributed by atoms with Crippen molar-refractivity contribution in [1.82, 2.24) is 80.0 Å². The molecule has 12 heterocycles. The third kappa shape index (κ3) is 25.1. The third-order valence-electron chi connectivity index (χ3n) is 19.3. The summed E-state index contributed by atoms with van der Waals surface area (Å²) in [7, 11) is 21.8. The molecular formula is C79H69Cl2IN18O6S20. The Kier molecular flexibility index (Phi) is 38.5. The Morgan fingerprint density at radius 3 is 1.36 bits per heavy atom. The highest BCUT2D eigenvalue weighted by Crippen LogP contribution is 2.42. The first kappa shape index (κ1) is 99.5. The van der Waals surface area contributed by atoms with Crippen molar-refractivity contribution < 1.29 is 28.8 Å². The van der Waals surface area contributed by atoms with E-state index in [1.807, 2.05) is 87.6 Å². The average molecular weight is 2210 g/mol. The molecule has 6 aliphatic rings. The van der Waals surface area contributed by atoms with Crippen molar-refractivity contribution in [3.63, 3.8) is 0 Å². The minimum absolute atomic E-state index is 0. The number of rotatable bonds is 10. The number of carbonyl (C=O) groups is 6. The maximum atomic E-state index is 13.1. The summed E-state index contributed by atoms with van der Waals surface area (Å²) in [4.78, 5) is 87.6. The van der Waals surface area contributed by atoms with Gasteiger partial charge >= 0.3 is 0 Å². The van der Waals surface area contributed by atoms with Crippen LogP contribution in [0.5, 0.6) is 0 Å². The van der Waals surface area contributed by atoms with E-state index in [9.17, 15) is 28.8 Å². The second kappa shape index (κ2) is 48.7. The molecule has 126 heavy (non-hydrogen) atoms. The van der Waals surface area contributed by atoms with E-state index < -0.39 is 23.9 Å². The molecular weight excluding hydrogens is 2140 g/mol. The summed E-state index contributed by atoms with van der Waals surface area (Å²) in [5.41, 5.74) is 13.7. The van der Waals surface area contributed by atoms with Crippen molar-refractivity contribution in [2.45, 2.75) is 151 Å². The van der Waals surface area contributed by atoms with E-state index in [-0.39, 0.29) is 56.0 Å². The molecule has 2 saturated heterocycles. The second-order valence-electron chi connectivity index (χ2n) is 27.0. The molecule has 6 aromatic heterocycles. The van der Waals surface area contributed by atoms with Crippen molar-refractivity contribution in [3.8, 4) is 57.9 Å². The summed E-state index contributed by atoms with van der Waals surface area (Å²) >= 11 is 36.5. The number of unbranched alkanes of at least 4 members (excludes halogenated alkanes) is 2. The molecule has 0 aliphatic carbocycles. The van der Waals surface area contributed by atoms with Gasteiger partial charge in [-0.1, -0.05) is 101 Å². The fourth-order valence-corrected chi connectivity index (χ4v) is 44.5. The van der Waals surface area contributed by atoms with Gasteiger partial charge in [0.25, 0.3) is 11.8 Å². The van der Waals surface area contributed by atoms with E-state index in [0.29, 0.717) is 79.4 Å². The van der Waals surface area contributed by atoms with Gasteiger partial charge in [0.15, 0.2) is 23.0 Å². The smallest absolute Gasteiger partial charge is 0.255 e. The first-order valence-electron chi connectivity index (χ1n) is 37.1. The van der Waals surface area contributed by atoms with E-state index in [1.54, 1.807) is 156 Å². The zero-order valence-corrected chi connectivity index (χ0v) is 86.0. The lowest BCUT2D eigenvalue weighted by atomic mass is 9.99. The number of nitrogens with zero attached hydrogens (tertiary/aromatic N) is 16. The Morgan fingerprint density at radius 2 is 0.937 bits per heavy atom. The van der Waals surface area contributed by atoms with E-state index in [4.69, 9.17) is 39.6 Å². The van der Waals surface area contributed by atoms with E-state index >= 15 is 0 Å². The number of nitrogens with one attached hydrogen (secondary N) is 2. The molecule has 4 atom stereocenters. The van der Waals surface area contributed by atoms with Crippen LogP contribution in [0, 0.1) is 78.4 Å². The quantitative estimate of drug-likeness (QED) is 0.0557. The number of aryl methyl sites for hydroxylation is 4. The Bertz CT molecular complexity index is 6950. The van der Waals surface area contributed by atoms with Gasteiger partial charge in [-0.15, -0.1) is 59.7 Å². The number of carbonyl (C=O) groups excluding carboxylic acids is 6. The van der Waals surface area contributed by atoms with Gasteiger partial charge in [0.1, 0.15) is 45.8 Å². The van der Waals surface area contributed by atoms with Crippen LogP contribution in [-0.2, 0) is 214 Å². The maximum absolute atomic E-state index is 13.1. The fraction of sp³-hybridized carbons (Fsp3) is 0.291. The number of aromatic nitrogens is 12. The molecule has 16 rings (SSSR count). The number of halogens is 3. The first-order chi connectivity index (χ1) is 60.5. The molecule has 10 aromatic rings. The number of terminal acetylenes is 1. The van der Waals surface area contributed by atoms with Gasteiger partial charge in [0.2, 0.25) is 23.6 Å². The molecule has 0 spiro atoms. The third-order valence-corrected chi connectivity index (χ3v) is 50.2. The summed E-state index contributed by atoms with van der Waals surface area (Å²) in [5.74, 6) is 23.2. The van der Waals surface area contributed by atoms with Gasteiger partial charge in [0, 0.05) is 275 Å². The number of imide groups is 2. The molecule has 0 radical (unpaired) electrons. The van der Waals surface area contributed by atoms with Crippen LogP contribution in [0.1, 0.15) is 201 Å². The highest BCUT2D eigenvalue weighted by Gasteiger charge is 2.42. The summed E-state index contributed by atoms with van der Waals surface area (Å²) in [6.07, 6.45) is 12.7. The predicted octanol–water partition coefficient (Wildman–Crippen LogP) is 11.7. The van der Waals surface area contributed by atoms with Crippen molar-refractivity contribution >= 4 is 284 Å². The van der Waals surface area contributed by atoms with Gasteiger partial charge in [-0.05, 0) is 178 Å². The number of hydrogen-bond donors (Lipinski definition) is 2. The van der Waals surface area contributed by atoms with Crippen LogP contribution < -0.4 is 10.6 Å². The largest absolute Gasteiger partial charge is 0.322 e. The lowest BCUT2D eigenvalue weighted by Gasteiger charge is -2.29. The standard InChI is InChI=1S/C39H32ClN9O3S.C22H19N5O3.C17H14ClIN4S.CH4.S10.S8/c1-22-32(53-39-34(22)35(26-11-13-27(40)14-12-26)41-23(2)36-45-43-24(3)49(36)39)17-15-28-20-47(46-44-28)19-6-4-5-8-25-9-7-10-29-30(25)21-48(38(29)52)31-16-18-33(50)42-37(31)51;1-2-16-13-26(25-24-16)12-5-3-4-7-15-8-6-9-17-18(15)14-27(22(17)30)19-10-11-20(28)23-21(19)29;1-8-13-14(11-4-6-12(18)7-5-11)20-9(2)16-22-21-10(3)23(16)17(13)24-15(8)19;;1-3-5-7-9-10-8-6-4-2;1-3-5-7-8-6-4-2/h7,9-14,20,23,31H,4,6,16,18-19,21H2,1-3H3,(H,42,50,51);1,6,8-9,13,19H,3,5,10-12,14H2,(H,23,28,29);4-7,9H,1-3H3;1H4;;/t23-,31?;;9-;;;/m0.0.../s1. The van der Waals surface area contributed by atoms with Gasteiger partial charge < -0.3 is 9.80 Å². The van der Waals surface area contributed by atoms with Gasteiger partial charge in [0.05, 0.1) is 31.6 Å². The Hall–Kier alpha value is -7.09. The zero-order valence-electron chi connectivity index (χ0n) is 66.0. The Labute approximate surface area is 818 Å². The number of hydrogen-bond acceptors (Lipinski definition) is 22. The number of fused-ring (bicyclic) bond motifs is 8. The van der Waals surface area contributed by atoms with Crippen LogP contribution in [0.4, 0.5) is 0 Å². The molecule has 47 heteroatoms. The summed E-state index contributed by atoms with van der Waals surface area (Å²) in [6.45, 7) is 14.1. The molecule has 2 fully saturated rings. The first-order valence-corrected chi connectivity index (χ1v) is 61.9. The topological polar surface area (TPSA) is 281 Å². The molecule has 2 unspecified atom stereocenters. The van der Waals surface area contributed by atoms with Crippen LogP contribution in [-0.4, -0.2) is 128 Å². The molecule has 2 N–H and O–H groups in total. The maximum Gasteiger partial charge on any atom is 0.255 e. The van der Waals surface area contributed by atoms with E-state index in [1.165, 1.54) is 54.4 Å². The van der Waals surface area contributed by atoms with Crippen molar-refractivity contribution in [1.29, 1.82) is 0 Å².